The van der Waals surface area contributed by atoms with Crippen molar-refractivity contribution in [1.29, 1.82) is 0 Å². The molecule has 5 nitrogen and oxygen atoms in total. The van der Waals surface area contributed by atoms with Crippen LogP contribution >= 0.6 is 11.6 Å². The number of nitrogens with zero attached hydrogens (tertiary/aromatic N) is 2. The highest BCUT2D eigenvalue weighted by Gasteiger charge is 2.25. The Bertz CT molecular complexity index is 1030. The Morgan fingerprint density at radius 2 is 1.74 bits per heavy atom. The monoisotopic (exact) mass is 502 g/mol. The zero-order valence-electron chi connectivity index (χ0n) is 19.8. The van der Waals surface area contributed by atoms with Gasteiger partial charge in [-0.05, 0) is 75.5 Å². The molecule has 7 heteroatoms. The van der Waals surface area contributed by atoms with Crippen LogP contribution in [0.2, 0.25) is 5.02 Å². The zero-order chi connectivity index (χ0) is 24.2. The number of hydrogen-bond acceptors (Lipinski definition) is 4. The molecule has 1 aliphatic heterocycles. The second-order valence-corrected chi connectivity index (χ2v) is 11.0. The molecular formula is C27H35ClN2O3S. The molecule has 0 radical (unpaired) electrons. The molecule has 2 aromatic carbocycles. The second-order valence-electron chi connectivity index (χ2n) is 8.67. The van der Waals surface area contributed by atoms with Gasteiger partial charge in [0.2, 0.25) is 10.0 Å². The lowest BCUT2D eigenvalue weighted by Gasteiger charge is -2.26. The maximum Gasteiger partial charge on any atom is 0.243 e. The van der Waals surface area contributed by atoms with E-state index in [1.165, 1.54) is 36.7 Å². The molecule has 0 spiro atoms. The van der Waals surface area contributed by atoms with Gasteiger partial charge in [0.1, 0.15) is 5.75 Å². The molecule has 1 heterocycles. The van der Waals surface area contributed by atoms with E-state index in [9.17, 15) is 8.42 Å². The maximum absolute atomic E-state index is 13.5. The van der Waals surface area contributed by atoms with Crippen molar-refractivity contribution in [2.45, 2.75) is 56.4 Å². The number of rotatable bonds is 13. The van der Waals surface area contributed by atoms with Crippen LogP contribution in [0.15, 0.2) is 53.4 Å². The Hall–Kier alpha value is -2.04. The standard InChI is InChI=1S/C27H35ClN2O3S/c1-2-3-4-10-21-30(34(31,32)26-16-14-25(28)15-17-26)23-24-12-6-7-13-27(24)33-22-11-20-29-18-8-5-9-19-29/h1,6-7,12-17H,3-5,8-11,18-23H2. The summed E-state index contributed by atoms with van der Waals surface area (Å²) in [5, 5.41) is 0.503. The van der Waals surface area contributed by atoms with Crippen molar-refractivity contribution >= 4 is 21.6 Å². The predicted octanol–water partition coefficient (Wildman–Crippen LogP) is 5.59. The highest BCUT2D eigenvalue weighted by molar-refractivity contribution is 7.89. The van der Waals surface area contributed by atoms with Crippen molar-refractivity contribution in [2.24, 2.45) is 0 Å². The Morgan fingerprint density at radius 3 is 2.47 bits per heavy atom. The van der Waals surface area contributed by atoms with Gasteiger partial charge in [0.25, 0.3) is 0 Å². The van der Waals surface area contributed by atoms with Crippen LogP contribution in [-0.4, -0.2) is 50.4 Å². The zero-order valence-corrected chi connectivity index (χ0v) is 21.4. The lowest BCUT2D eigenvalue weighted by Crippen LogP contribution is -2.32. The van der Waals surface area contributed by atoms with Gasteiger partial charge < -0.3 is 9.64 Å². The van der Waals surface area contributed by atoms with Crippen LogP contribution in [0.5, 0.6) is 5.75 Å². The topological polar surface area (TPSA) is 49.9 Å². The number of likely N-dealkylation sites (tertiary alicyclic amines) is 1. The molecule has 34 heavy (non-hydrogen) atoms. The van der Waals surface area contributed by atoms with E-state index < -0.39 is 10.0 Å². The van der Waals surface area contributed by atoms with E-state index >= 15 is 0 Å². The molecule has 0 bridgehead atoms. The number of piperidine rings is 1. The molecule has 1 aliphatic rings. The summed E-state index contributed by atoms with van der Waals surface area (Å²) >= 11 is 5.97. The Morgan fingerprint density at radius 1 is 1.00 bits per heavy atom. The van der Waals surface area contributed by atoms with E-state index in [-0.39, 0.29) is 11.4 Å². The quantitative estimate of drug-likeness (QED) is 0.264. The number of unbranched alkanes of at least 4 members (excludes halogenated alkanes) is 2. The molecule has 2 aromatic rings. The third-order valence-corrected chi connectivity index (χ3v) is 8.19. The maximum atomic E-state index is 13.5. The van der Waals surface area contributed by atoms with Crippen LogP contribution < -0.4 is 4.74 Å². The fraction of sp³-hybridized carbons (Fsp3) is 0.481. The van der Waals surface area contributed by atoms with Crippen LogP contribution in [0.3, 0.4) is 0 Å². The first-order valence-electron chi connectivity index (χ1n) is 12.1. The highest BCUT2D eigenvalue weighted by Crippen LogP contribution is 2.25. The van der Waals surface area contributed by atoms with Gasteiger partial charge in [-0.25, -0.2) is 8.42 Å². The lowest BCUT2D eigenvalue weighted by molar-refractivity contribution is 0.204. The molecule has 184 valence electrons. The molecule has 0 aromatic heterocycles. The third-order valence-electron chi connectivity index (χ3n) is 6.07. The molecule has 3 rings (SSSR count). The second kappa shape index (κ2) is 13.7. The molecule has 1 saturated heterocycles. The first kappa shape index (κ1) is 26.6. The fourth-order valence-corrected chi connectivity index (χ4v) is 5.76. The molecule has 0 amide bonds. The van der Waals surface area contributed by atoms with Gasteiger partial charge in [-0.1, -0.05) is 36.2 Å². The van der Waals surface area contributed by atoms with Gasteiger partial charge in [-0.15, -0.1) is 12.3 Å². The summed E-state index contributed by atoms with van der Waals surface area (Å²) in [4.78, 5) is 2.73. The summed E-state index contributed by atoms with van der Waals surface area (Å²) in [6.45, 7) is 4.62. The fourth-order valence-electron chi connectivity index (χ4n) is 4.17. The average Bonchev–Trinajstić information content (AvgIpc) is 2.85. The average molecular weight is 503 g/mol. The summed E-state index contributed by atoms with van der Waals surface area (Å²) in [6.07, 6.45) is 12.3. The predicted molar refractivity (Wildman–Crippen MR) is 139 cm³/mol. The van der Waals surface area contributed by atoms with E-state index in [1.807, 2.05) is 24.3 Å². The van der Waals surface area contributed by atoms with Gasteiger partial charge in [-0.3, -0.25) is 0 Å². The molecule has 0 N–H and O–H groups in total. The summed E-state index contributed by atoms with van der Waals surface area (Å²) in [5.74, 6) is 3.36. The van der Waals surface area contributed by atoms with Crippen molar-refractivity contribution in [3.05, 3.63) is 59.1 Å². The van der Waals surface area contributed by atoms with Crippen molar-refractivity contribution < 1.29 is 13.2 Å². The highest BCUT2D eigenvalue weighted by atomic mass is 35.5. The van der Waals surface area contributed by atoms with E-state index in [2.05, 4.69) is 10.8 Å². The number of benzene rings is 2. The van der Waals surface area contributed by atoms with Gasteiger partial charge in [0.15, 0.2) is 0 Å². The number of terminal acetylenes is 1. The first-order chi connectivity index (χ1) is 16.5. The Balaban J connectivity index is 1.68. The van der Waals surface area contributed by atoms with Gasteiger partial charge >= 0.3 is 0 Å². The smallest absolute Gasteiger partial charge is 0.243 e. The summed E-state index contributed by atoms with van der Waals surface area (Å²) < 4.78 is 34.5. The van der Waals surface area contributed by atoms with E-state index in [1.54, 1.807) is 24.3 Å². The van der Waals surface area contributed by atoms with Crippen LogP contribution in [0.25, 0.3) is 0 Å². The van der Waals surface area contributed by atoms with Crippen molar-refractivity contribution in [3.63, 3.8) is 0 Å². The van der Waals surface area contributed by atoms with E-state index in [0.29, 0.717) is 31.0 Å². The minimum absolute atomic E-state index is 0.230. The normalized spacial score (nSPS) is 14.7. The van der Waals surface area contributed by atoms with Crippen LogP contribution in [-0.2, 0) is 16.6 Å². The first-order valence-corrected chi connectivity index (χ1v) is 13.9. The number of ether oxygens (including phenoxy) is 1. The summed E-state index contributed by atoms with van der Waals surface area (Å²) in [7, 11) is -3.70. The van der Waals surface area contributed by atoms with Crippen LogP contribution in [0.4, 0.5) is 0 Å². The summed E-state index contributed by atoms with van der Waals surface area (Å²) in [5.41, 5.74) is 0.856. The molecular weight excluding hydrogens is 468 g/mol. The van der Waals surface area contributed by atoms with Gasteiger partial charge in [-0.2, -0.15) is 4.31 Å². The number of hydrogen-bond donors (Lipinski definition) is 0. The van der Waals surface area contributed by atoms with Crippen LogP contribution in [0.1, 0.15) is 50.5 Å². The molecule has 0 atom stereocenters. The van der Waals surface area contributed by atoms with Crippen LogP contribution in [0, 0.1) is 12.3 Å². The SMILES string of the molecule is C#CCCCCN(Cc1ccccc1OCCCN1CCCCC1)S(=O)(=O)c1ccc(Cl)cc1. The number of halogens is 1. The Kier molecular flexibility index (Phi) is 10.7. The van der Waals surface area contributed by atoms with Gasteiger partial charge in [0.05, 0.1) is 11.5 Å². The van der Waals surface area contributed by atoms with Gasteiger partial charge in [0, 0.05) is 36.6 Å². The lowest BCUT2D eigenvalue weighted by atomic mass is 10.1. The molecule has 0 saturated carbocycles. The largest absolute Gasteiger partial charge is 0.493 e. The van der Waals surface area contributed by atoms with E-state index in [0.717, 1.165) is 30.7 Å². The number of para-hydroxylation sites is 1. The minimum atomic E-state index is -3.70. The van der Waals surface area contributed by atoms with Crippen molar-refractivity contribution in [1.82, 2.24) is 9.21 Å². The molecule has 1 fully saturated rings. The minimum Gasteiger partial charge on any atom is -0.493 e. The van der Waals surface area contributed by atoms with Crippen molar-refractivity contribution in [2.75, 3.05) is 32.8 Å². The van der Waals surface area contributed by atoms with E-state index in [4.69, 9.17) is 22.8 Å². The summed E-state index contributed by atoms with van der Waals surface area (Å²) in [6, 6.07) is 14.0. The Labute approximate surface area is 210 Å². The number of sulfonamides is 1. The molecule has 0 unspecified atom stereocenters. The third kappa shape index (κ3) is 8.02. The van der Waals surface area contributed by atoms with Crippen molar-refractivity contribution in [3.8, 4) is 18.1 Å². The molecule has 0 aliphatic carbocycles.